The molecule has 2 amide bonds. The summed E-state index contributed by atoms with van der Waals surface area (Å²) >= 11 is 1.73. The van der Waals surface area contributed by atoms with E-state index in [9.17, 15) is 4.79 Å². The molecule has 0 fully saturated rings. The Morgan fingerprint density at radius 3 is 2.64 bits per heavy atom. The number of likely N-dealkylation sites (N-methyl/N-ethyl adjacent to an activating group) is 1. The molecule has 3 rings (SSSR count). The van der Waals surface area contributed by atoms with Crippen molar-refractivity contribution in [2.45, 2.75) is 12.5 Å². The standard InChI is InChI=1S/C20H25N3OS/c1-22(2)18(19-9-6-14-25-19)15-21-20(24)23-12-10-17(11-13-23)16-7-4-3-5-8-16/h3-10,14,18H,11-13,15H2,1-2H3,(H,21,24). The number of rotatable bonds is 5. The Labute approximate surface area is 153 Å². The topological polar surface area (TPSA) is 35.6 Å². The Morgan fingerprint density at radius 2 is 2.04 bits per heavy atom. The molecule has 0 radical (unpaired) electrons. The molecule has 5 heteroatoms. The SMILES string of the molecule is CN(C)C(CNC(=O)N1CC=C(c2ccccc2)CC1)c1cccs1. The highest BCUT2D eigenvalue weighted by Crippen LogP contribution is 2.23. The molecule has 132 valence electrons. The van der Waals surface area contributed by atoms with Gasteiger partial charge in [-0.25, -0.2) is 4.79 Å². The number of hydrogen-bond acceptors (Lipinski definition) is 3. The molecule has 4 nitrogen and oxygen atoms in total. The van der Waals surface area contributed by atoms with E-state index in [-0.39, 0.29) is 12.1 Å². The molecule has 2 heterocycles. The van der Waals surface area contributed by atoms with Crippen LogP contribution >= 0.6 is 11.3 Å². The van der Waals surface area contributed by atoms with Crippen molar-refractivity contribution in [2.24, 2.45) is 0 Å². The zero-order valence-electron chi connectivity index (χ0n) is 14.8. The minimum absolute atomic E-state index is 0.0202. The molecule has 0 bridgehead atoms. The minimum Gasteiger partial charge on any atom is -0.336 e. The van der Waals surface area contributed by atoms with E-state index in [0.717, 1.165) is 13.0 Å². The lowest BCUT2D eigenvalue weighted by atomic mass is 10.00. The molecule has 0 aliphatic carbocycles. The van der Waals surface area contributed by atoms with Gasteiger partial charge in [0, 0.05) is 24.5 Å². The smallest absolute Gasteiger partial charge is 0.317 e. The number of thiophene rings is 1. The van der Waals surface area contributed by atoms with Crippen LogP contribution in [-0.4, -0.2) is 49.6 Å². The van der Waals surface area contributed by atoms with Gasteiger partial charge in [0.1, 0.15) is 0 Å². The van der Waals surface area contributed by atoms with E-state index in [0.29, 0.717) is 13.1 Å². The van der Waals surface area contributed by atoms with Crippen molar-refractivity contribution in [3.8, 4) is 0 Å². The first-order valence-electron chi connectivity index (χ1n) is 8.62. The van der Waals surface area contributed by atoms with E-state index in [2.05, 4.69) is 58.1 Å². The van der Waals surface area contributed by atoms with Crippen LogP contribution in [-0.2, 0) is 0 Å². The summed E-state index contributed by atoms with van der Waals surface area (Å²) in [7, 11) is 4.10. The zero-order valence-corrected chi connectivity index (χ0v) is 15.6. The summed E-state index contributed by atoms with van der Waals surface area (Å²) in [6, 6.07) is 14.8. The Bertz CT molecular complexity index is 710. The number of nitrogens with zero attached hydrogens (tertiary/aromatic N) is 2. The predicted octanol–water partition coefficient (Wildman–Crippen LogP) is 3.85. The molecule has 25 heavy (non-hydrogen) atoms. The molecule has 0 saturated carbocycles. The van der Waals surface area contributed by atoms with E-state index in [1.807, 2.05) is 25.1 Å². The van der Waals surface area contributed by atoms with Crippen molar-refractivity contribution in [3.05, 3.63) is 64.4 Å². The number of amides is 2. The van der Waals surface area contributed by atoms with Crippen molar-refractivity contribution in [3.63, 3.8) is 0 Å². The lowest BCUT2D eigenvalue weighted by Gasteiger charge is -2.29. The fraction of sp³-hybridized carbons (Fsp3) is 0.350. The van der Waals surface area contributed by atoms with Gasteiger partial charge >= 0.3 is 6.03 Å². The number of urea groups is 1. The van der Waals surface area contributed by atoms with Gasteiger partial charge in [-0.1, -0.05) is 42.5 Å². The highest BCUT2D eigenvalue weighted by Gasteiger charge is 2.20. The number of nitrogens with one attached hydrogen (secondary N) is 1. The van der Waals surface area contributed by atoms with Crippen LogP contribution in [0.4, 0.5) is 4.79 Å². The van der Waals surface area contributed by atoms with Crippen LogP contribution in [0.15, 0.2) is 53.9 Å². The Morgan fingerprint density at radius 1 is 1.24 bits per heavy atom. The van der Waals surface area contributed by atoms with E-state index >= 15 is 0 Å². The first-order valence-corrected chi connectivity index (χ1v) is 9.50. The van der Waals surface area contributed by atoms with Crippen molar-refractivity contribution < 1.29 is 4.79 Å². The van der Waals surface area contributed by atoms with Gasteiger partial charge in [-0.3, -0.25) is 0 Å². The van der Waals surface area contributed by atoms with Crippen molar-refractivity contribution >= 4 is 22.9 Å². The molecular weight excluding hydrogens is 330 g/mol. The summed E-state index contributed by atoms with van der Waals surface area (Å²) in [6.45, 7) is 2.05. The van der Waals surface area contributed by atoms with Gasteiger partial charge in [0.05, 0.1) is 6.04 Å². The predicted molar refractivity (Wildman–Crippen MR) is 105 cm³/mol. The maximum Gasteiger partial charge on any atom is 0.317 e. The molecule has 1 aromatic heterocycles. The van der Waals surface area contributed by atoms with E-state index in [1.54, 1.807) is 11.3 Å². The summed E-state index contributed by atoms with van der Waals surface area (Å²) in [6.07, 6.45) is 3.07. The van der Waals surface area contributed by atoms with Crippen LogP contribution in [0.1, 0.15) is 22.9 Å². The number of hydrogen-bond donors (Lipinski definition) is 1. The monoisotopic (exact) mass is 355 g/mol. The Hall–Kier alpha value is -2.11. The van der Waals surface area contributed by atoms with Gasteiger partial charge in [0.15, 0.2) is 0 Å². The van der Waals surface area contributed by atoms with Crippen LogP contribution in [0.5, 0.6) is 0 Å². The Balaban J connectivity index is 1.55. The van der Waals surface area contributed by atoms with Gasteiger partial charge in [-0.2, -0.15) is 0 Å². The minimum atomic E-state index is 0.0202. The molecule has 2 aromatic rings. The largest absolute Gasteiger partial charge is 0.336 e. The first kappa shape index (κ1) is 17.7. The van der Waals surface area contributed by atoms with E-state index in [1.165, 1.54) is 16.0 Å². The lowest BCUT2D eigenvalue weighted by Crippen LogP contribution is -2.44. The molecule has 1 atom stereocenters. The summed E-state index contributed by atoms with van der Waals surface area (Å²) in [5, 5.41) is 5.18. The van der Waals surface area contributed by atoms with Crippen molar-refractivity contribution in [1.29, 1.82) is 0 Å². The van der Waals surface area contributed by atoms with Crippen molar-refractivity contribution in [2.75, 3.05) is 33.7 Å². The second kappa shape index (κ2) is 8.32. The van der Waals surface area contributed by atoms with Crippen LogP contribution in [0.3, 0.4) is 0 Å². The van der Waals surface area contributed by atoms with Crippen LogP contribution < -0.4 is 5.32 Å². The fourth-order valence-electron chi connectivity index (χ4n) is 3.08. The second-order valence-electron chi connectivity index (χ2n) is 6.47. The van der Waals surface area contributed by atoms with Crippen LogP contribution in [0.2, 0.25) is 0 Å². The summed E-state index contributed by atoms with van der Waals surface area (Å²) in [4.78, 5) is 17.8. The molecular formula is C20H25N3OS. The van der Waals surface area contributed by atoms with Crippen LogP contribution in [0.25, 0.3) is 5.57 Å². The van der Waals surface area contributed by atoms with Gasteiger partial charge in [0.2, 0.25) is 0 Å². The molecule has 0 saturated heterocycles. The molecule has 1 aliphatic rings. The maximum absolute atomic E-state index is 12.5. The molecule has 1 aromatic carbocycles. The summed E-state index contributed by atoms with van der Waals surface area (Å²) in [5.41, 5.74) is 2.59. The maximum atomic E-state index is 12.5. The highest BCUT2D eigenvalue weighted by molar-refractivity contribution is 7.10. The molecule has 1 aliphatic heterocycles. The fourth-order valence-corrected chi connectivity index (χ4v) is 4.00. The normalized spacial score (nSPS) is 15.8. The summed E-state index contributed by atoms with van der Waals surface area (Å²) in [5.74, 6) is 0. The zero-order chi connectivity index (χ0) is 17.6. The highest BCUT2D eigenvalue weighted by atomic mass is 32.1. The molecule has 1 unspecified atom stereocenters. The van der Waals surface area contributed by atoms with Gasteiger partial charge in [-0.15, -0.1) is 11.3 Å². The lowest BCUT2D eigenvalue weighted by molar-refractivity contribution is 0.197. The number of carbonyl (C=O) groups is 1. The number of benzene rings is 1. The average Bonchev–Trinajstić information content (AvgIpc) is 3.16. The summed E-state index contributed by atoms with van der Waals surface area (Å²) < 4.78 is 0. The quantitative estimate of drug-likeness (QED) is 0.884. The van der Waals surface area contributed by atoms with Crippen LogP contribution in [0, 0.1) is 0 Å². The first-order chi connectivity index (χ1) is 12.1. The second-order valence-corrected chi connectivity index (χ2v) is 7.45. The van der Waals surface area contributed by atoms with Gasteiger partial charge < -0.3 is 15.1 Å². The van der Waals surface area contributed by atoms with Gasteiger partial charge in [0.25, 0.3) is 0 Å². The van der Waals surface area contributed by atoms with E-state index in [4.69, 9.17) is 0 Å². The molecule has 0 spiro atoms. The molecule has 1 N–H and O–H groups in total. The van der Waals surface area contributed by atoms with E-state index < -0.39 is 0 Å². The Kier molecular flexibility index (Phi) is 5.89. The third-order valence-corrected chi connectivity index (χ3v) is 5.56. The average molecular weight is 356 g/mol. The van der Waals surface area contributed by atoms with Gasteiger partial charge in [-0.05, 0) is 43.1 Å². The third-order valence-electron chi connectivity index (χ3n) is 4.58. The third kappa shape index (κ3) is 4.50. The number of carbonyl (C=O) groups excluding carboxylic acids is 1. The van der Waals surface area contributed by atoms with Crippen molar-refractivity contribution in [1.82, 2.24) is 15.1 Å².